The van der Waals surface area contributed by atoms with Crippen LogP contribution in [0.4, 0.5) is 0 Å². The summed E-state index contributed by atoms with van der Waals surface area (Å²) in [4.78, 5) is 21.0. The van der Waals surface area contributed by atoms with Crippen molar-refractivity contribution in [2.24, 2.45) is 0 Å². The van der Waals surface area contributed by atoms with Crippen molar-refractivity contribution < 1.29 is 13.7 Å². The van der Waals surface area contributed by atoms with Gasteiger partial charge in [0.2, 0.25) is 5.89 Å². The largest absolute Gasteiger partial charge is 0.456 e. The maximum Gasteiger partial charge on any atom is 0.289 e. The number of hydrogen-bond donors (Lipinski definition) is 0. The van der Waals surface area contributed by atoms with Crippen molar-refractivity contribution in [1.82, 2.24) is 19.9 Å². The fourth-order valence-electron chi connectivity index (χ4n) is 3.17. The summed E-state index contributed by atoms with van der Waals surface area (Å²) >= 11 is 0. The number of nitrogens with zero attached hydrogens (tertiary/aromatic N) is 4. The van der Waals surface area contributed by atoms with Crippen LogP contribution in [0.15, 0.2) is 21.1 Å². The predicted octanol–water partition coefficient (Wildman–Crippen LogP) is 2.19. The van der Waals surface area contributed by atoms with Gasteiger partial charge in [0.15, 0.2) is 11.6 Å². The predicted molar refractivity (Wildman–Crippen MR) is 85.5 cm³/mol. The first-order valence-electron chi connectivity index (χ1n) is 8.48. The number of aromatic nitrogens is 2. The number of carbonyl (C=O) groups is 1. The lowest BCUT2D eigenvalue weighted by Crippen LogP contribution is -2.36. The zero-order chi connectivity index (χ0) is 16.7. The molecule has 7 heteroatoms. The Morgan fingerprint density at radius 2 is 2.21 bits per heavy atom. The molecule has 7 nitrogen and oxygen atoms in total. The van der Waals surface area contributed by atoms with Crippen LogP contribution in [0.3, 0.4) is 0 Å². The van der Waals surface area contributed by atoms with Crippen LogP contribution < -0.4 is 0 Å². The van der Waals surface area contributed by atoms with Crippen LogP contribution in [-0.2, 0) is 6.54 Å². The molecule has 2 aromatic heterocycles. The first kappa shape index (κ1) is 15.4. The molecule has 1 aliphatic heterocycles. The summed E-state index contributed by atoms with van der Waals surface area (Å²) in [6.45, 7) is 3.93. The summed E-state index contributed by atoms with van der Waals surface area (Å²) in [6.07, 6.45) is 3.25. The maximum atomic E-state index is 12.4. The van der Waals surface area contributed by atoms with E-state index in [-0.39, 0.29) is 5.91 Å². The minimum Gasteiger partial charge on any atom is -0.456 e. The molecule has 1 amide bonds. The van der Waals surface area contributed by atoms with Gasteiger partial charge in [0.25, 0.3) is 5.91 Å². The second kappa shape index (κ2) is 6.05. The molecule has 0 spiro atoms. The lowest BCUT2D eigenvalue weighted by Gasteiger charge is -2.23. The summed E-state index contributed by atoms with van der Waals surface area (Å²) < 4.78 is 10.7. The van der Waals surface area contributed by atoms with Crippen LogP contribution in [-0.4, -0.2) is 52.0 Å². The number of amides is 1. The van der Waals surface area contributed by atoms with Gasteiger partial charge in [0.1, 0.15) is 5.76 Å². The standard InChI is InChI=1S/C17H22N4O3/c1-11-3-6-14(23-11)17(22)21-8-7-13(9-21)20(2)10-15-18-16(24-19-15)12-4-5-12/h3,6,12-13H,4-5,7-10H2,1-2H3/t13-/m1/s1. The summed E-state index contributed by atoms with van der Waals surface area (Å²) in [7, 11) is 2.04. The van der Waals surface area contributed by atoms with Gasteiger partial charge in [-0.25, -0.2) is 0 Å². The van der Waals surface area contributed by atoms with E-state index in [0.29, 0.717) is 30.8 Å². The smallest absolute Gasteiger partial charge is 0.289 e. The second-order valence-corrected chi connectivity index (χ2v) is 6.84. The number of likely N-dealkylation sites (tertiary alicyclic amines) is 1. The number of furan rings is 1. The third kappa shape index (κ3) is 3.08. The summed E-state index contributed by atoms with van der Waals surface area (Å²) in [5.74, 6) is 3.13. The molecule has 1 atom stereocenters. The molecule has 0 unspecified atom stereocenters. The van der Waals surface area contributed by atoms with E-state index in [1.54, 1.807) is 6.07 Å². The normalized spacial score (nSPS) is 21.0. The fraction of sp³-hybridized carbons (Fsp3) is 0.588. The molecular weight excluding hydrogens is 308 g/mol. The van der Waals surface area contributed by atoms with Gasteiger partial charge >= 0.3 is 0 Å². The molecule has 1 saturated heterocycles. The Bertz CT molecular complexity index is 734. The zero-order valence-corrected chi connectivity index (χ0v) is 14.1. The number of carbonyl (C=O) groups excluding carboxylic acids is 1. The summed E-state index contributed by atoms with van der Waals surface area (Å²) in [6, 6.07) is 3.86. The molecule has 2 aromatic rings. The second-order valence-electron chi connectivity index (χ2n) is 6.84. The summed E-state index contributed by atoms with van der Waals surface area (Å²) in [5, 5.41) is 4.07. The third-order valence-corrected chi connectivity index (χ3v) is 4.83. The molecule has 1 saturated carbocycles. The van der Waals surface area contributed by atoms with Gasteiger partial charge < -0.3 is 13.8 Å². The zero-order valence-electron chi connectivity index (χ0n) is 14.1. The van der Waals surface area contributed by atoms with E-state index in [0.717, 1.165) is 43.3 Å². The molecule has 24 heavy (non-hydrogen) atoms. The van der Waals surface area contributed by atoms with Crippen LogP contribution in [0.25, 0.3) is 0 Å². The first-order chi connectivity index (χ1) is 11.6. The summed E-state index contributed by atoms with van der Waals surface area (Å²) in [5.41, 5.74) is 0. The van der Waals surface area contributed by atoms with Crippen LogP contribution in [0, 0.1) is 6.92 Å². The molecule has 2 aliphatic rings. The minimum atomic E-state index is -0.0328. The average Bonchev–Trinajstić information content (AvgIpc) is 2.99. The molecule has 0 aromatic carbocycles. The molecule has 0 radical (unpaired) electrons. The van der Waals surface area contributed by atoms with E-state index >= 15 is 0 Å². The molecule has 4 rings (SSSR count). The highest BCUT2D eigenvalue weighted by molar-refractivity contribution is 5.91. The van der Waals surface area contributed by atoms with E-state index in [2.05, 4.69) is 15.0 Å². The number of hydrogen-bond acceptors (Lipinski definition) is 6. The van der Waals surface area contributed by atoms with E-state index in [1.807, 2.05) is 24.9 Å². The Kier molecular flexibility index (Phi) is 3.88. The Morgan fingerprint density at radius 3 is 2.92 bits per heavy atom. The molecule has 2 fully saturated rings. The van der Waals surface area contributed by atoms with Crippen molar-refractivity contribution >= 4 is 5.91 Å². The van der Waals surface area contributed by atoms with E-state index in [9.17, 15) is 4.79 Å². The molecule has 0 bridgehead atoms. The van der Waals surface area contributed by atoms with Crippen molar-refractivity contribution in [3.05, 3.63) is 35.4 Å². The van der Waals surface area contributed by atoms with Crippen molar-refractivity contribution in [2.75, 3.05) is 20.1 Å². The molecule has 0 N–H and O–H groups in total. The Labute approximate surface area is 140 Å². The maximum absolute atomic E-state index is 12.4. The lowest BCUT2D eigenvalue weighted by atomic mass is 10.2. The molecule has 128 valence electrons. The monoisotopic (exact) mass is 330 g/mol. The number of likely N-dealkylation sites (N-methyl/N-ethyl adjacent to an activating group) is 1. The van der Waals surface area contributed by atoms with Gasteiger partial charge in [0, 0.05) is 25.0 Å². The number of aryl methyl sites for hydroxylation is 1. The van der Waals surface area contributed by atoms with Gasteiger partial charge in [-0.1, -0.05) is 5.16 Å². The van der Waals surface area contributed by atoms with Crippen molar-refractivity contribution in [2.45, 2.75) is 44.7 Å². The molecule has 3 heterocycles. The Morgan fingerprint density at radius 1 is 1.38 bits per heavy atom. The molecular formula is C17H22N4O3. The Hall–Kier alpha value is -2.15. The van der Waals surface area contributed by atoms with Gasteiger partial charge in [-0.05, 0) is 45.4 Å². The van der Waals surface area contributed by atoms with Crippen molar-refractivity contribution in [3.8, 4) is 0 Å². The SMILES string of the molecule is Cc1ccc(C(=O)N2CC[C@@H](N(C)Cc3noc(C4CC4)n3)C2)o1. The highest BCUT2D eigenvalue weighted by Gasteiger charge is 2.32. The van der Waals surface area contributed by atoms with E-state index in [4.69, 9.17) is 8.94 Å². The highest BCUT2D eigenvalue weighted by Crippen LogP contribution is 2.38. The van der Waals surface area contributed by atoms with Gasteiger partial charge in [0.05, 0.1) is 6.54 Å². The van der Waals surface area contributed by atoms with Crippen LogP contribution in [0.1, 0.15) is 53.2 Å². The van der Waals surface area contributed by atoms with E-state index in [1.165, 1.54) is 0 Å². The quantitative estimate of drug-likeness (QED) is 0.836. The first-order valence-corrected chi connectivity index (χ1v) is 8.48. The van der Waals surface area contributed by atoms with Crippen LogP contribution in [0.5, 0.6) is 0 Å². The number of rotatable bonds is 5. The fourth-order valence-corrected chi connectivity index (χ4v) is 3.17. The van der Waals surface area contributed by atoms with Crippen molar-refractivity contribution in [1.29, 1.82) is 0 Å². The third-order valence-electron chi connectivity index (χ3n) is 4.83. The van der Waals surface area contributed by atoms with Crippen LogP contribution >= 0.6 is 0 Å². The molecule has 1 aliphatic carbocycles. The topological polar surface area (TPSA) is 75.6 Å². The van der Waals surface area contributed by atoms with E-state index < -0.39 is 0 Å². The van der Waals surface area contributed by atoms with Gasteiger partial charge in [-0.2, -0.15) is 4.98 Å². The van der Waals surface area contributed by atoms with Gasteiger partial charge in [-0.15, -0.1) is 0 Å². The van der Waals surface area contributed by atoms with Crippen molar-refractivity contribution in [3.63, 3.8) is 0 Å². The lowest BCUT2D eigenvalue weighted by molar-refractivity contribution is 0.0746. The minimum absolute atomic E-state index is 0.0328. The van der Waals surface area contributed by atoms with Crippen LogP contribution in [0.2, 0.25) is 0 Å². The Balaban J connectivity index is 1.34. The van der Waals surface area contributed by atoms with Gasteiger partial charge in [-0.3, -0.25) is 9.69 Å². The average molecular weight is 330 g/mol. The highest BCUT2D eigenvalue weighted by atomic mass is 16.5.